The lowest BCUT2D eigenvalue weighted by molar-refractivity contribution is -0.550. The van der Waals surface area contributed by atoms with E-state index in [1.54, 1.807) is 0 Å². The van der Waals surface area contributed by atoms with Crippen LogP contribution in [0.1, 0.15) is 13.8 Å². The van der Waals surface area contributed by atoms with Crippen molar-refractivity contribution in [2.24, 2.45) is 0 Å². The van der Waals surface area contributed by atoms with E-state index in [9.17, 15) is 4.91 Å². The van der Waals surface area contributed by atoms with Gasteiger partial charge in [-0.1, -0.05) is 0 Å². The Labute approximate surface area is 37.7 Å². The predicted octanol–water partition coefficient (Wildman–Crippen LogP) is 0.803. The maximum atomic E-state index is 10.1. The number of rotatable bonds is 1. The number of hydrogen-bond donors (Lipinski definition) is 0. The van der Waals surface area contributed by atoms with Crippen LogP contribution in [0.25, 0.3) is 0 Å². The Hall–Kier alpha value is -0.400. The highest BCUT2D eigenvalue weighted by atomic mass is 16.3. The molecular weight excluding hydrogens is 78.0 g/mol. The molecule has 0 spiro atoms. The van der Waals surface area contributed by atoms with Crippen molar-refractivity contribution in [2.45, 2.75) is 19.9 Å². The van der Waals surface area contributed by atoms with Gasteiger partial charge in [-0.3, -0.25) is 0 Å². The highest BCUT2D eigenvalue weighted by Crippen LogP contribution is 1.78. The van der Waals surface area contributed by atoms with Crippen LogP contribution in [0.5, 0.6) is 0 Å². The monoisotopic (exact) mass is 88.1 g/mol. The fourth-order valence-electron chi connectivity index (χ4n) is 0. The van der Waals surface area contributed by atoms with Gasteiger partial charge in [0.2, 0.25) is 0 Å². The third kappa shape index (κ3) is 1.88. The molecule has 36 valence electrons. The summed E-state index contributed by atoms with van der Waals surface area (Å²) >= 11 is 0. The molecule has 0 aliphatic rings. The van der Waals surface area contributed by atoms with Crippen LogP contribution in [0.4, 0.5) is 0 Å². The molecule has 0 unspecified atom stereocenters. The van der Waals surface area contributed by atoms with Crippen LogP contribution < -0.4 is 0 Å². The maximum Gasteiger partial charge on any atom is 0.195 e. The Kier molecular flexibility index (Phi) is 1.77. The van der Waals surface area contributed by atoms with Crippen molar-refractivity contribution in [3.8, 4) is 0 Å². The summed E-state index contributed by atoms with van der Waals surface area (Å²) in [4.78, 5) is 10.1. The second kappa shape index (κ2) is 1.90. The van der Waals surface area contributed by atoms with Gasteiger partial charge >= 0.3 is 0 Å². The summed E-state index contributed by atoms with van der Waals surface area (Å²) < 4.78 is 0.917. The third-order valence-electron chi connectivity index (χ3n) is 0.727. The molecule has 0 saturated carbocycles. The van der Waals surface area contributed by atoms with E-state index in [2.05, 4.69) is 0 Å². The summed E-state index contributed by atoms with van der Waals surface area (Å²) in [6.45, 7) is 3.71. The molecule has 0 fully saturated rings. The lowest BCUT2D eigenvalue weighted by Gasteiger charge is -1.83. The quantitative estimate of drug-likeness (QED) is 0.434. The Morgan fingerprint density at radius 2 is 1.67 bits per heavy atom. The summed E-state index contributed by atoms with van der Waals surface area (Å²) in [5, 5.41) is 0. The molecule has 0 aliphatic heterocycles. The van der Waals surface area contributed by atoms with Crippen LogP contribution in [-0.4, -0.2) is 17.8 Å². The molecular formula is C4H10NO+. The Balaban J connectivity index is 3.26. The van der Waals surface area contributed by atoms with Crippen LogP contribution in [0.3, 0.4) is 0 Å². The second-order valence-corrected chi connectivity index (χ2v) is 1.64. The van der Waals surface area contributed by atoms with E-state index in [0.717, 1.165) is 4.76 Å². The normalized spacial score (nSPS) is 9.33. The van der Waals surface area contributed by atoms with Crippen molar-refractivity contribution in [2.75, 3.05) is 7.05 Å². The molecule has 6 heavy (non-hydrogen) atoms. The zero-order chi connectivity index (χ0) is 5.15. The molecule has 0 aromatic carbocycles. The van der Waals surface area contributed by atoms with E-state index in [4.69, 9.17) is 0 Å². The molecule has 0 saturated heterocycles. The molecule has 0 radical (unpaired) electrons. The molecule has 0 aromatic heterocycles. The van der Waals surface area contributed by atoms with Gasteiger partial charge in [0.15, 0.2) is 13.1 Å². The fourth-order valence-corrected chi connectivity index (χ4v) is 0. The smallest absolute Gasteiger partial charge is 0.00278 e. The first-order chi connectivity index (χ1) is 2.64. The highest BCUT2D eigenvalue weighted by Gasteiger charge is 2.01. The lowest BCUT2D eigenvalue weighted by atomic mass is 10.4. The minimum atomic E-state index is 0.130. The summed E-state index contributed by atoms with van der Waals surface area (Å²) in [7, 11) is 1.52. The fraction of sp³-hybridized carbons (Fsp3) is 1.00. The predicted molar refractivity (Wildman–Crippen MR) is 24.7 cm³/mol. The van der Waals surface area contributed by atoms with Crippen LogP contribution in [0.2, 0.25) is 0 Å². The Morgan fingerprint density at radius 1 is 1.50 bits per heavy atom. The average molecular weight is 88.1 g/mol. The van der Waals surface area contributed by atoms with Gasteiger partial charge in [0.05, 0.1) is 0 Å². The van der Waals surface area contributed by atoms with Gasteiger partial charge in [0.1, 0.15) is 0 Å². The van der Waals surface area contributed by atoms with E-state index in [0.29, 0.717) is 0 Å². The Bertz CT molecular complexity index is 58.6. The van der Waals surface area contributed by atoms with Crippen molar-refractivity contribution in [3.63, 3.8) is 0 Å². The second-order valence-electron chi connectivity index (χ2n) is 1.64. The van der Waals surface area contributed by atoms with Crippen molar-refractivity contribution in [1.29, 1.82) is 0 Å². The highest BCUT2D eigenvalue weighted by molar-refractivity contribution is 4.25. The molecule has 0 aromatic rings. The maximum absolute atomic E-state index is 10.1. The van der Waals surface area contributed by atoms with Crippen LogP contribution >= 0.6 is 0 Å². The van der Waals surface area contributed by atoms with Crippen molar-refractivity contribution < 1.29 is 4.76 Å². The largest absolute Gasteiger partial charge is 0.195 e. The summed E-state index contributed by atoms with van der Waals surface area (Å²) in [5.41, 5.74) is 0. The summed E-state index contributed by atoms with van der Waals surface area (Å²) in [6, 6.07) is 0.130. The molecule has 0 amide bonds. The van der Waals surface area contributed by atoms with E-state index < -0.39 is 0 Å². The number of hydrogen-bond acceptors (Lipinski definition) is 1. The summed E-state index contributed by atoms with van der Waals surface area (Å²) in [5.74, 6) is 0. The zero-order valence-electron chi connectivity index (χ0n) is 4.43. The Morgan fingerprint density at radius 3 is 1.67 bits per heavy atom. The van der Waals surface area contributed by atoms with E-state index >= 15 is 0 Å². The molecule has 0 heterocycles. The molecule has 0 aliphatic carbocycles. The molecule has 0 bridgehead atoms. The van der Waals surface area contributed by atoms with Crippen LogP contribution in [0, 0.1) is 4.91 Å². The van der Waals surface area contributed by atoms with E-state index in [-0.39, 0.29) is 6.04 Å². The first kappa shape index (κ1) is 5.60. The zero-order valence-corrected chi connectivity index (χ0v) is 4.43. The molecule has 0 atom stereocenters. The van der Waals surface area contributed by atoms with Gasteiger partial charge in [0.25, 0.3) is 0 Å². The first-order valence-corrected chi connectivity index (χ1v) is 2.04. The average Bonchev–Trinajstić information content (AvgIpc) is 1.36. The van der Waals surface area contributed by atoms with Crippen molar-refractivity contribution >= 4 is 0 Å². The van der Waals surface area contributed by atoms with Crippen molar-refractivity contribution in [3.05, 3.63) is 4.91 Å². The standard InChI is InChI=1S/C4H10NO/c1-4(2)5(3)6/h4H,1-3H3/q+1. The number of nitroso groups, excluding NO2 is 1. The SMILES string of the molecule is CC(C)[N+](C)=O. The van der Waals surface area contributed by atoms with Gasteiger partial charge in [0, 0.05) is 18.8 Å². The van der Waals surface area contributed by atoms with E-state index in [1.807, 2.05) is 13.8 Å². The number of nitrogens with zero attached hydrogens (tertiary/aromatic N) is 1. The van der Waals surface area contributed by atoms with Gasteiger partial charge in [-0.25, -0.2) is 0 Å². The minimum absolute atomic E-state index is 0.130. The summed E-state index contributed by atoms with van der Waals surface area (Å²) in [6.07, 6.45) is 0. The minimum Gasteiger partial charge on any atom is -0.00278 e. The van der Waals surface area contributed by atoms with E-state index in [1.165, 1.54) is 7.05 Å². The van der Waals surface area contributed by atoms with Gasteiger partial charge in [-0.05, 0) is 4.76 Å². The van der Waals surface area contributed by atoms with Crippen LogP contribution in [-0.2, 0) is 0 Å². The first-order valence-electron chi connectivity index (χ1n) is 2.04. The van der Waals surface area contributed by atoms with Gasteiger partial charge in [-0.2, -0.15) is 0 Å². The molecule has 0 rings (SSSR count). The van der Waals surface area contributed by atoms with Crippen LogP contribution in [0.15, 0.2) is 0 Å². The molecule has 2 heteroatoms. The topological polar surface area (TPSA) is 20.1 Å². The van der Waals surface area contributed by atoms with Crippen molar-refractivity contribution in [1.82, 2.24) is 0 Å². The molecule has 0 N–H and O–H groups in total. The lowest BCUT2D eigenvalue weighted by Crippen LogP contribution is -2.10. The third-order valence-corrected chi connectivity index (χ3v) is 0.727. The molecule has 2 nitrogen and oxygen atoms in total. The van der Waals surface area contributed by atoms with Gasteiger partial charge in [-0.15, -0.1) is 0 Å². The van der Waals surface area contributed by atoms with Gasteiger partial charge < -0.3 is 0 Å².